The monoisotopic (exact) mass is 292 g/mol. The molecule has 21 heavy (non-hydrogen) atoms. The van der Waals surface area contributed by atoms with Crippen molar-refractivity contribution in [3.05, 3.63) is 11.4 Å². The van der Waals surface area contributed by atoms with E-state index >= 15 is 0 Å². The molecule has 0 aliphatic heterocycles. The number of nitrogens with one attached hydrogen (secondary N) is 1. The first-order valence-electron chi connectivity index (χ1n) is 8.24. The Morgan fingerprint density at radius 3 is 2.24 bits per heavy atom. The molecule has 0 fully saturated rings. The number of aromatic nitrogens is 2. The summed E-state index contributed by atoms with van der Waals surface area (Å²) in [7, 11) is 0. The second-order valence-electron chi connectivity index (χ2n) is 6.85. The SMILES string of the molecule is CCCCCCCCNc1nc(C(C)(C)C)nc(N)c1C. The topological polar surface area (TPSA) is 63.8 Å². The van der Waals surface area contributed by atoms with E-state index < -0.39 is 0 Å². The quantitative estimate of drug-likeness (QED) is 0.695. The van der Waals surface area contributed by atoms with Crippen LogP contribution in [0.3, 0.4) is 0 Å². The number of nitrogen functional groups attached to an aromatic ring is 1. The average Bonchev–Trinajstić information content (AvgIpc) is 2.41. The number of rotatable bonds is 8. The van der Waals surface area contributed by atoms with E-state index in [4.69, 9.17) is 5.73 Å². The van der Waals surface area contributed by atoms with Gasteiger partial charge in [0.05, 0.1) is 0 Å². The van der Waals surface area contributed by atoms with Crippen LogP contribution in [0.25, 0.3) is 0 Å². The molecule has 4 nitrogen and oxygen atoms in total. The summed E-state index contributed by atoms with van der Waals surface area (Å²) in [5, 5.41) is 3.43. The molecule has 0 aromatic carbocycles. The molecule has 0 saturated carbocycles. The smallest absolute Gasteiger partial charge is 0.138 e. The van der Waals surface area contributed by atoms with Gasteiger partial charge in [-0.3, -0.25) is 0 Å². The molecule has 0 aliphatic rings. The highest BCUT2D eigenvalue weighted by molar-refractivity contribution is 5.55. The zero-order valence-corrected chi connectivity index (χ0v) is 14.4. The molecule has 3 N–H and O–H groups in total. The minimum absolute atomic E-state index is 0.0849. The molecule has 0 radical (unpaired) electrons. The summed E-state index contributed by atoms with van der Waals surface area (Å²) in [6.07, 6.45) is 7.78. The van der Waals surface area contributed by atoms with Crippen LogP contribution in [0.2, 0.25) is 0 Å². The molecule has 0 spiro atoms. The minimum Gasteiger partial charge on any atom is -0.383 e. The predicted octanol–water partition coefficient (Wildman–Crippen LogP) is 4.44. The summed E-state index contributed by atoms with van der Waals surface area (Å²) < 4.78 is 0. The first-order valence-corrected chi connectivity index (χ1v) is 8.24. The standard InChI is InChI=1S/C17H32N4/c1-6-7-8-9-10-11-12-19-15-13(2)14(18)20-16(21-15)17(3,4)5/h6-12H2,1-5H3,(H3,18,19,20,21). The molecule has 0 atom stereocenters. The highest BCUT2D eigenvalue weighted by Gasteiger charge is 2.20. The minimum atomic E-state index is -0.0849. The van der Waals surface area contributed by atoms with Crippen molar-refractivity contribution >= 4 is 11.6 Å². The van der Waals surface area contributed by atoms with Gasteiger partial charge in [0.2, 0.25) is 0 Å². The zero-order chi connectivity index (χ0) is 15.9. The number of hydrogen-bond donors (Lipinski definition) is 2. The first kappa shape index (κ1) is 17.7. The molecule has 0 bridgehead atoms. The molecule has 1 aromatic heterocycles. The Morgan fingerprint density at radius 2 is 1.62 bits per heavy atom. The predicted molar refractivity (Wildman–Crippen MR) is 91.7 cm³/mol. The first-order chi connectivity index (χ1) is 9.86. The zero-order valence-electron chi connectivity index (χ0n) is 14.4. The second kappa shape index (κ2) is 8.20. The van der Waals surface area contributed by atoms with Crippen LogP contribution in [-0.4, -0.2) is 16.5 Å². The summed E-state index contributed by atoms with van der Waals surface area (Å²) in [4.78, 5) is 9.06. The van der Waals surface area contributed by atoms with Gasteiger partial charge in [0.25, 0.3) is 0 Å². The Balaban J connectivity index is 2.53. The van der Waals surface area contributed by atoms with E-state index in [1.165, 1.54) is 38.5 Å². The fraction of sp³-hybridized carbons (Fsp3) is 0.765. The largest absolute Gasteiger partial charge is 0.383 e. The third-order valence-electron chi connectivity index (χ3n) is 3.68. The van der Waals surface area contributed by atoms with Crippen LogP contribution in [0.5, 0.6) is 0 Å². The number of anilines is 2. The van der Waals surface area contributed by atoms with Gasteiger partial charge >= 0.3 is 0 Å². The van der Waals surface area contributed by atoms with Crippen LogP contribution in [0.15, 0.2) is 0 Å². The van der Waals surface area contributed by atoms with Crippen molar-refractivity contribution in [2.24, 2.45) is 0 Å². The number of hydrogen-bond acceptors (Lipinski definition) is 4. The van der Waals surface area contributed by atoms with E-state index in [-0.39, 0.29) is 5.41 Å². The maximum Gasteiger partial charge on any atom is 0.138 e. The average molecular weight is 292 g/mol. The summed E-state index contributed by atoms with van der Waals surface area (Å²) in [5.41, 5.74) is 6.88. The summed E-state index contributed by atoms with van der Waals surface area (Å²) in [5.74, 6) is 2.28. The highest BCUT2D eigenvalue weighted by Crippen LogP contribution is 2.24. The Bertz CT molecular complexity index is 435. The fourth-order valence-electron chi connectivity index (χ4n) is 2.15. The van der Waals surface area contributed by atoms with Crippen LogP contribution < -0.4 is 11.1 Å². The lowest BCUT2D eigenvalue weighted by molar-refractivity contribution is 0.546. The van der Waals surface area contributed by atoms with E-state index in [1.807, 2.05) is 6.92 Å². The van der Waals surface area contributed by atoms with E-state index in [1.54, 1.807) is 0 Å². The van der Waals surface area contributed by atoms with Gasteiger partial charge in [0, 0.05) is 17.5 Å². The van der Waals surface area contributed by atoms with Crippen molar-refractivity contribution in [2.75, 3.05) is 17.6 Å². The van der Waals surface area contributed by atoms with Gasteiger partial charge in [-0.05, 0) is 13.3 Å². The van der Waals surface area contributed by atoms with Gasteiger partial charge in [0.1, 0.15) is 17.5 Å². The van der Waals surface area contributed by atoms with Crippen molar-refractivity contribution in [3.8, 4) is 0 Å². The van der Waals surface area contributed by atoms with Gasteiger partial charge in [-0.15, -0.1) is 0 Å². The Hall–Kier alpha value is -1.32. The molecular formula is C17H32N4. The maximum absolute atomic E-state index is 6.01. The van der Waals surface area contributed by atoms with Gasteiger partial charge in [0.15, 0.2) is 0 Å². The Labute approximate surface area is 130 Å². The third kappa shape index (κ3) is 5.90. The molecule has 0 aliphatic carbocycles. The molecule has 0 amide bonds. The lowest BCUT2D eigenvalue weighted by Crippen LogP contribution is -2.19. The second-order valence-corrected chi connectivity index (χ2v) is 6.85. The normalized spacial score (nSPS) is 11.7. The van der Waals surface area contributed by atoms with Crippen LogP contribution in [0.4, 0.5) is 11.6 Å². The highest BCUT2D eigenvalue weighted by atomic mass is 15.1. The maximum atomic E-state index is 6.01. The molecule has 120 valence electrons. The molecule has 0 unspecified atom stereocenters. The number of unbranched alkanes of at least 4 members (excludes halogenated alkanes) is 5. The lowest BCUT2D eigenvalue weighted by Gasteiger charge is -2.19. The molecule has 1 heterocycles. The number of nitrogens with zero attached hydrogens (tertiary/aromatic N) is 2. The lowest BCUT2D eigenvalue weighted by atomic mass is 9.95. The van der Waals surface area contributed by atoms with E-state index in [0.717, 1.165) is 23.8 Å². The molecular weight excluding hydrogens is 260 g/mol. The van der Waals surface area contributed by atoms with E-state index in [2.05, 4.69) is 43.0 Å². The van der Waals surface area contributed by atoms with Gasteiger partial charge in [-0.25, -0.2) is 9.97 Å². The van der Waals surface area contributed by atoms with E-state index in [9.17, 15) is 0 Å². The molecule has 0 saturated heterocycles. The van der Waals surface area contributed by atoms with Gasteiger partial charge < -0.3 is 11.1 Å². The van der Waals surface area contributed by atoms with E-state index in [0.29, 0.717) is 5.82 Å². The van der Waals surface area contributed by atoms with Crippen LogP contribution >= 0.6 is 0 Å². The summed E-state index contributed by atoms with van der Waals surface area (Å²) >= 11 is 0. The van der Waals surface area contributed by atoms with Crippen LogP contribution in [0.1, 0.15) is 77.6 Å². The van der Waals surface area contributed by atoms with Crippen molar-refractivity contribution in [3.63, 3.8) is 0 Å². The van der Waals surface area contributed by atoms with Crippen molar-refractivity contribution < 1.29 is 0 Å². The van der Waals surface area contributed by atoms with Crippen molar-refractivity contribution in [1.29, 1.82) is 0 Å². The fourth-order valence-corrected chi connectivity index (χ4v) is 2.15. The summed E-state index contributed by atoms with van der Waals surface area (Å²) in [6.45, 7) is 11.5. The number of nitrogens with two attached hydrogens (primary N) is 1. The Morgan fingerprint density at radius 1 is 1.00 bits per heavy atom. The van der Waals surface area contributed by atoms with Crippen LogP contribution in [0, 0.1) is 6.92 Å². The van der Waals surface area contributed by atoms with Gasteiger partial charge in [-0.1, -0.05) is 59.8 Å². The summed E-state index contributed by atoms with van der Waals surface area (Å²) in [6, 6.07) is 0. The van der Waals surface area contributed by atoms with Crippen molar-refractivity contribution in [1.82, 2.24) is 9.97 Å². The molecule has 4 heteroatoms. The Kier molecular flexibility index (Phi) is 6.93. The molecule has 1 aromatic rings. The van der Waals surface area contributed by atoms with Gasteiger partial charge in [-0.2, -0.15) is 0 Å². The van der Waals surface area contributed by atoms with Crippen molar-refractivity contribution in [2.45, 2.75) is 78.6 Å². The molecule has 1 rings (SSSR count). The van der Waals surface area contributed by atoms with Crippen LogP contribution in [-0.2, 0) is 5.41 Å². The third-order valence-corrected chi connectivity index (χ3v) is 3.68.